The molecule has 8 nitrogen and oxygen atoms in total. The normalized spacial score (nSPS) is 13.7. The van der Waals surface area contributed by atoms with Gasteiger partial charge in [0.2, 0.25) is 5.91 Å². The van der Waals surface area contributed by atoms with E-state index in [0.29, 0.717) is 25.5 Å². The first kappa shape index (κ1) is 16.3. The summed E-state index contributed by atoms with van der Waals surface area (Å²) in [4.78, 5) is 32.6. The number of amides is 1. The average Bonchev–Trinajstić information content (AvgIpc) is 2.96. The maximum absolute atomic E-state index is 12.4. The Bertz CT molecular complexity index is 1040. The van der Waals surface area contributed by atoms with Crippen LogP contribution in [0.3, 0.4) is 0 Å². The highest BCUT2D eigenvalue weighted by Gasteiger charge is 2.23. The van der Waals surface area contributed by atoms with Gasteiger partial charge >= 0.3 is 5.69 Å². The minimum absolute atomic E-state index is 0.0416. The lowest BCUT2D eigenvalue weighted by molar-refractivity contribution is -0.129. The highest BCUT2D eigenvalue weighted by atomic mass is 16.2. The van der Waals surface area contributed by atoms with Crippen LogP contribution in [0.15, 0.2) is 41.2 Å². The summed E-state index contributed by atoms with van der Waals surface area (Å²) in [6.45, 7) is 1.65. The van der Waals surface area contributed by atoms with Gasteiger partial charge in [-0.2, -0.15) is 5.10 Å². The molecule has 1 aromatic carbocycles. The van der Waals surface area contributed by atoms with Gasteiger partial charge in [-0.15, -0.1) is 0 Å². The SMILES string of the molecule is CN(C)C(=O)Cn1nc2n(c1=O)CCN(c1ccc3ccccc3n1)C2. The van der Waals surface area contributed by atoms with E-state index in [-0.39, 0.29) is 18.1 Å². The number of para-hydroxylation sites is 1. The van der Waals surface area contributed by atoms with Gasteiger partial charge in [-0.1, -0.05) is 18.2 Å². The topological polar surface area (TPSA) is 76.3 Å². The maximum atomic E-state index is 12.4. The molecule has 2 aromatic heterocycles. The molecular weight excluding hydrogens is 332 g/mol. The van der Waals surface area contributed by atoms with Crippen LogP contribution in [-0.4, -0.2) is 50.8 Å². The predicted molar refractivity (Wildman–Crippen MR) is 98.0 cm³/mol. The van der Waals surface area contributed by atoms with Crippen LogP contribution in [-0.2, 0) is 24.4 Å². The number of likely N-dealkylation sites (N-methyl/N-ethyl adjacent to an activating group) is 1. The number of rotatable bonds is 3. The standard InChI is InChI=1S/C18H20N6O2/c1-21(2)17(25)12-24-18(26)23-10-9-22(11-16(23)20-24)15-8-7-13-5-3-4-6-14(13)19-15/h3-8H,9-12H2,1-2H3. The highest BCUT2D eigenvalue weighted by molar-refractivity contribution is 5.80. The van der Waals surface area contributed by atoms with Gasteiger partial charge in [0.1, 0.15) is 12.4 Å². The lowest BCUT2D eigenvalue weighted by Crippen LogP contribution is -2.38. The summed E-state index contributed by atoms with van der Waals surface area (Å²) in [7, 11) is 3.33. The third kappa shape index (κ3) is 2.83. The number of carbonyl (C=O) groups is 1. The molecule has 3 heterocycles. The fourth-order valence-corrected chi connectivity index (χ4v) is 3.10. The first-order valence-electron chi connectivity index (χ1n) is 8.50. The van der Waals surface area contributed by atoms with Crippen LogP contribution in [0, 0.1) is 0 Å². The second-order valence-corrected chi connectivity index (χ2v) is 6.58. The van der Waals surface area contributed by atoms with Crippen LogP contribution in [0.5, 0.6) is 0 Å². The van der Waals surface area contributed by atoms with Crippen molar-refractivity contribution >= 4 is 22.6 Å². The lowest BCUT2D eigenvalue weighted by Gasteiger charge is -2.27. The van der Waals surface area contributed by atoms with Crippen molar-refractivity contribution in [3.63, 3.8) is 0 Å². The number of nitrogens with zero attached hydrogens (tertiary/aromatic N) is 6. The summed E-state index contributed by atoms with van der Waals surface area (Å²) >= 11 is 0. The monoisotopic (exact) mass is 352 g/mol. The van der Waals surface area contributed by atoms with Crippen molar-refractivity contribution in [3.8, 4) is 0 Å². The molecule has 0 saturated carbocycles. The molecule has 0 unspecified atom stereocenters. The quantitative estimate of drug-likeness (QED) is 0.694. The fraction of sp³-hybridized carbons (Fsp3) is 0.333. The lowest BCUT2D eigenvalue weighted by atomic mass is 10.2. The Morgan fingerprint density at radius 2 is 1.96 bits per heavy atom. The van der Waals surface area contributed by atoms with Crippen molar-refractivity contribution < 1.29 is 4.79 Å². The number of aromatic nitrogens is 4. The molecular formula is C18H20N6O2. The Balaban J connectivity index is 1.61. The average molecular weight is 352 g/mol. The molecule has 0 spiro atoms. The van der Waals surface area contributed by atoms with E-state index in [0.717, 1.165) is 16.7 Å². The summed E-state index contributed by atoms with van der Waals surface area (Å²) in [5, 5.41) is 5.46. The molecule has 1 amide bonds. The van der Waals surface area contributed by atoms with Crippen molar-refractivity contribution in [2.75, 3.05) is 25.5 Å². The first-order chi connectivity index (χ1) is 12.5. The van der Waals surface area contributed by atoms with Gasteiger partial charge < -0.3 is 9.80 Å². The minimum Gasteiger partial charge on any atom is -0.347 e. The van der Waals surface area contributed by atoms with Crippen molar-refractivity contribution in [3.05, 3.63) is 52.7 Å². The Labute approximate surface area is 150 Å². The number of hydrogen-bond donors (Lipinski definition) is 0. The second kappa shape index (κ2) is 6.29. The molecule has 0 atom stereocenters. The van der Waals surface area contributed by atoms with E-state index < -0.39 is 0 Å². The number of benzene rings is 1. The van der Waals surface area contributed by atoms with Gasteiger partial charge in [0.15, 0.2) is 5.82 Å². The number of fused-ring (bicyclic) bond motifs is 2. The van der Waals surface area contributed by atoms with Gasteiger partial charge in [-0.25, -0.2) is 14.5 Å². The minimum atomic E-state index is -0.235. The summed E-state index contributed by atoms with van der Waals surface area (Å²) < 4.78 is 2.88. The molecule has 0 radical (unpaired) electrons. The predicted octanol–water partition coefficient (Wildman–Crippen LogP) is 0.701. The highest BCUT2D eigenvalue weighted by Crippen LogP contribution is 2.21. The fourth-order valence-electron chi connectivity index (χ4n) is 3.10. The zero-order valence-corrected chi connectivity index (χ0v) is 14.8. The van der Waals surface area contributed by atoms with E-state index in [1.54, 1.807) is 18.7 Å². The van der Waals surface area contributed by atoms with Crippen molar-refractivity contribution in [1.29, 1.82) is 0 Å². The third-order valence-electron chi connectivity index (χ3n) is 4.62. The van der Waals surface area contributed by atoms with Gasteiger partial charge in [0.05, 0.1) is 12.1 Å². The largest absolute Gasteiger partial charge is 0.347 e. The van der Waals surface area contributed by atoms with Crippen molar-refractivity contribution in [2.45, 2.75) is 19.6 Å². The number of pyridine rings is 1. The molecule has 0 bridgehead atoms. The molecule has 1 aliphatic heterocycles. The van der Waals surface area contributed by atoms with Crippen LogP contribution in [0.1, 0.15) is 5.82 Å². The van der Waals surface area contributed by atoms with Crippen molar-refractivity contribution in [1.82, 2.24) is 24.2 Å². The van der Waals surface area contributed by atoms with Crippen molar-refractivity contribution in [2.24, 2.45) is 0 Å². The van der Waals surface area contributed by atoms with Crippen LogP contribution in [0.2, 0.25) is 0 Å². The molecule has 0 N–H and O–H groups in total. The van der Waals surface area contributed by atoms with Gasteiger partial charge in [-0.05, 0) is 18.2 Å². The summed E-state index contributed by atoms with van der Waals surface area (Å²) in [6, 6.07) is 12.0. The smallest absolute Gasteiger partial charge is 0.346 e. The van der Waals surface area contributed by atoms with Crippen LogP contribution < -0.4 is 10.6 Å². The molecule has 0 aliphatic carbocycles. The van der Waals surface area contributed by atoms with E-state index in [1.807, 2.05) is 36.4 Å². The van der Waals surface area contributed by atoms with E-state index in [2.05, 4.69) is 10.00 Å². The second-order valence-electron chi connectivity index (χ2n) is 6.58. The zero-order valence-electron chi connectivity index (χ0n) is 14.8. The van der Waals surface area contributed by atoms with E-state index in [9.17, 15) is 9.59 Å². The zero-order chi connectivity index (χ0) is 18.3. The third-order valence-corrected chi connectivity index (χ3v) is 4.62. The first-order valence-corrected chi connectivity index (χ1v) is 8.50. The Morgan fingerprint density at radius 1 is 1.15 bits per heavy atom. The van der Waals surface area contributed by atoms with E-state index in [1.165, 1.54) is 9.58 Å². The number of anilines is 1. The molecule has 134 valence electrons. The molecule has 4 rings (SSSR count). The summed E-state index contributed by atoms with van der Waals surface area (Å²) in [5.74, 6) is 1.36. The van der Waals surface area contributed by atoms with Crippen LogP contribution in [0.25, 0.3) is 10.9 Å². The van der Waals surface area contributed by atoms with E-state index >= 15 is 0 Å². The molecule has 26 heavy (non-hydrogen) atoms. The Hall–Kier alpha value is -3.16. The van der Waals surface area contributed by atoms with E-state index in [4.69, 9.17) is 4.98 Å². The van der Waals surface area contributed by atoms with Gasteiger partial charge in [0.25, 0.3) is 0 Å². The molecule has 8 heteroatoms. The molecule has 0 fully saturated rings. The molecule has 0 saturated heterocycles. The Morgan fingerprint density at radius 3 is 2.77 bits per heavy atom. The summed E-state index contributed by atoms with van der Waals surface area (Å²) in [6.07, 6.45) is 0. The number of carbonyl (C=O) groups excluding carboxylic acids is 1. The Kier molecular flexibility index (Phi) is 3.95. The number of hydrogen-bond acceptors (Lipinski definition) is 5. The molecule has 3 aromatic rings. The van der Waals surface area contributed by atoms with Gasteiger partial charge in [-0.3, -0.25) is 9.36 Å². The molecule has 1 aliphatic rings. The van der Waals surface area contributed by atoms with Crippen LogP contribution in [0.4, 0.5) is 5.82 Å². The summed E-state index contributed by atoms with van der Waals surface area (Å²) in [5.41, 5.74) is 0.705. The van der Waals surface area contributed by atoms with Gasteiger partial charge in [0, 0.05) is 32.6 Å². The maximum Gasteiger partial charge on any atom is 0.346 e. The van der Waals surface area contributed by atoms with Crippen LogP contribution >= 0.6 is 0 Å².